The maximum absolute atomic E-state index is 12.3. The molecule has 2 amide bonds. The van der Waals surface area contributed by atoms with E-state index in [9.17, 15) is 9.59 Å². The summed E-state index contributed by atoms with van der Waals surface area (Å²) in [6.45, 7) is 3.70. The third kappa shape index (κ3) is 5.60. The predicted molar refractivity (Wildman–Crippen MR) is 108 cm³/mol. The quantitative estimate of drug-likeness (QED) is 0.755. The van der Waals surface area contributed by atoms with Gasteiger partial charge in [0, 0.05) is 12.0 Å². The summed E-state index contributed by atoms with van der Waals surface area (Å²) in [5, 5.41) is 14.9. The number of benzene rings is 1. The molecule has 0 bridgehead atoms. The molecule has 1 fully saturated rings. The van der Waals surface area contributed by atoms with Crippen molar-refractivity contribution in [2.45, 2.75) is 58.4 Å². The Balaban J connectivity index is 1.48. The Hall–Kier alpha value is -2.28. The van der Waals surface area contributed by atoms with Gasteiger partial charge in [-0.1, -0.05) is 60.8 Å². The van der Waals surface area contributed by atoms with E-state index < -0.39 is 6.04 Å². The Morgan fingerprint density at radius 1 is 1.26 bits per heavy atom. The van der Waals surface area contributed by atoms with Crippen LogP contribution in [0.2, 0.25) is 0 Å². The topological polar surface area (TPSA) is 84.0 Å². The number of aryl methyl sites for hydroxylation is 1. The Bertz CT molecular complexity index is 799. The zero-order valence-corrected chi connectivity index (χ0v) is 16.6. The number of carbonyl (C=O) groups excluding carboxylic acids is 2. The summed E-state index contributed by atoms with van der Waals surface area (Å²) >= 11 is 1.32. The smallest absolute Gasteiger partial charge is 0.248 e. The fraction of sp³-hybridized carbons (Fsp3) is 0.500. The van der Waals surface area contributed by atoms with Crippen molar-refractivity contribution >= 4 is 28.3 Å². The number of anilines is 1. The average Bonchev–Trinajstić information content (AvgIpc) is 3.32. The molecule has 1 unspecified atom stereocenters. The number of aromatic nitrogens is 2. The predicted octanol–water partition coefficient (Wildman–Crippen LogP) is 3.93. The summed E-state index contributed by atoms with van der Waals surface area (Å²) in [6, 6.07) is 7.37. The zero-order valence-electron chi connectivity index (χ0n) is 15.8. The SMILES string of the molecule is Cc1cccc(-c2nnc(NC(=O)C(C)NC(=O)CCC3CCCC3)s2)c1. The van der Waals surface area contributed by atoms with Crippen LogP contribution in [0.1, 0.15) is 51.0 Å². The fourth-order valence-electron chi connectivity index (χ4n) is 3.40. The van der Waals surface area contributed by atoms with Crippen molar-refractivity contribution in [1.29, 1.82) is 0 Å². The minimum Gasteiger partial charge on any atom is -0.345 e. The molecule has 1 aromatic heterocycles. The Morgan fingerprint density at radius 3 is 2.78 bits per heavy atom. The molecule has 1 aliphatic carbocycles. The first-order valence-electron chi connectivity index (χ1n) is 9.52. The third-order valence-electron chi connectivity index (χ3n) is 4.95. The lowest BCUT2D eigenvalue weighted by Crippen LogP contribution is -2.41. The molecule has 6 nitrogen and oxygen atoms in total. The van der Waals surface area contributed by atoms with Crippen molar-refractivity contribution in [3.63, 3.8) is 0 Å². The molecule has 3 rings (SSSR count). The molecular formula is C20H26N4O2S. The molecule has 1 aliphatic rings. The van der Waals surface area contributed by atoms with Gasteiger partial charge in [-0.05, 0) is 32.3 Å². The number of carbonyl (C=O) groups is 2. The fourth-order valence-corrected chi connectivity index (χ4v) is 4.14. The van der Waals surface area contributed by atoms with Crippen LogP contribution in [0.3, 0.4) is 0 Å². The van der Waals surface area contributed by atoms with Gasteiger partial charge in [-0.3, -0.25) is 14.9 Å². The van der Waals surface area contributed by atoms with Gasteiger partial charge in [0.05, 0.1) is 0 Å². The summed E-state index contributed by atoms with van der Waals surface area (Å²) < 4.78 is 0. The number of amides is 2. The minimum atomic E-state index is -0.604. The highest BCUT2D eigenvalue weighted by atomic mass is 32.1. The van der Waals surface area contributed by atoms with E-state index in [0.717, 1.165) is 22.6 Å². The molecule has 0 aliphatic heterocycles. The first kappa shape index (κ1) is 19.5. The van der Waals surface area contributed by atoms with E-state index in [0.29, 0.717) is 17.5 Å². The van der Waals surface area contributed by atoms with Gasteiger partial charge in [0.25, 0.3) is 0 Å². The number of nitrogens with one attached hydrogen (secondary N) is 2. The average molecular weight is 387 g/mol. The van der Waals surface area contributed by atoms with E-state index in [1.54, 1.807) is 6.92 Å². The number of hydrogen-bond donors (Lipinski definition) is 2. The van der Waals surface area contributed by atoms with Crippen LogP contribution in [0.4, 0.5) is 5.13 Å². The van der Waals surface area contributed by atoms with Crippen LogP contribution in [0.15, 0.2) is 24.3 Å². The zero-order chi connectivity index (χ0) is 19.2. The van der Waals surface area contributed by atoms with Crippen molar-refractivity contribution in [3.05, 3.63) is 29.8 Å². The van der Waals surface area contributed by atoms with Gasteiger partial charge < -0.3 is 5.32 Å². The van der Waals surface area contributed by atoms with Gasteiger partial charge in [0.2, 0.25) is 16.9 Å². The third-order valence-corrected chi connectivity index (χ3v) is 5.83. The van der Waals surface area contributed by atoms with Gasteiger partial charge in [-0.2, -0.15) is 0 Å². The van der Waals surface area contributed by atoms with Crippen molar-refractivity contribution < 1.29 is 9.59 Å². The van der Waals surface area contributed by atoms with Crippen LogP contribution in [0, 0.1) is 12.8 Å². The molecular weight excluding hydrogens is 360 g/mol. The van der Waals surface area contributed by atoms with Gasteiger partial charge in [-0.15, -0.1) is 10.2 Å². The molecule has 0 saturated heterocycles. The standard InChI is InChI=1S/C20H26N4O2S/c1-13-6-5-9-16(12-13)19-23-24-20(27-19)22-18(26)14(2)21-17(25)11-10-15-7-3-4-8-15/h5-6,9,12,14-15H,3-4,7-8,10-11H2,1-2H3,(H,21,25)(H,22,24,26). The van der Waals surface area contributed by atoms with E-state index in [1.165, 1.54) is 37.0 Å². The molecule has 1 heterocycles. The number of hydrogen-bond acceptors (Lipinski definition) is 5. The number of rotatable bonds is 7. The highest BCUT2D eigenvalue weighted by Gasteiger charge is 2.20. The molecule has 27 heavy (non-hydrogen) atoms. The second kappa shape index (κ2) is 9.08. The highest BCUT2D eigenvalue weighted by Crippen LogP contribution is 2.28. The van der Waals surface area contributed by atoms with Gasteiger partial charge in [-0.25, -0.2) is 0 Å². The van der Waals surface area contributed by atoms with E-state index >= 15 is 0 Å². The summed E-state index contributed by atoms with van der Waals surface area (Å²) in [5.41, 5.74) is 2.11. The van der Waals surface area contributed by atoms with E-state index in [4.69, 9.17) is 0 Å². The van der Waals surface area contributed by atoms with Crippen LogP contribution >= 0.6 is 11.3 Å². The molecule has 1 saturated carbocycles. The summed E-state index contributed by atoms with van der Waals surface area (Å²) in [7, 11) is 0. The lowest BCUT2D eigenvalue weighted by atomic mass is 10.0. The largest absolute Gasteiger partial charge is 0.345 e. The van der Waals surface area contributed by atoms with Crippen molar-refractivity contribution in [2.24, 2.45) is 5.92 Å². The lowest BCUT2D eigenvalue weighted by molar-refractivity contribution is -0.126. The van der Waals surface area contributed by atoms with Crippen molar-refractivity contribution in [3.8, 4) is 10.6 Å². The Labute approximate surface area is 163 Å². The second-order valence-corrected chi connectivity index (χ2v) is 8.23. The lowest BCUT2D eigenvalue weighted by Gasteiger charge is -2.14. The number of nitrogens with zero attached hydrogens (tertiary/aromatic N) is 2. The second-order valence-electron chi connectivity index (χ2n) is 7.25. The monoisotopic (exact) mass is 386 g/mol. The minimum absolute atomic E-state index is 0.0673. The van der Waals surface area contributed by atoms with Crippen LogP contribution in [-0.2, 0) is 9.59 Å². The molecule has 2 aromatic rings. The molecule has 0 spiro atoms. The maximum atomic E-state index is 12.3. The molecule has 0 radical (unpaired) electrons. The first-order valence-corrected chi connectivity index (χ1v) is 10.3. The van der Waals surface area contributed by atoms with Crippen molar-refractivity contribution in [2.75, 3.05) is 5.32 Å². The Kier molecular flexibility index (Phi) is 6.55. The van der Waals surface area contributed by atoms with E-state index in [1.807, 2.05) is 31.2 Å². The maximum Gasteiger partial charge on any atom is 0.248 e. The molecule has 144 valence electrons. The van der Waals surface area contributed by atoms with E-state index in [2.05, 4.69) is 20.8 Å². The van der Waals surface area contributed by atoms with Gasteiger partial charge >= 0.3 is 0 Å². The van der Waals surface area contributed by atoms with Gasteiger partial charge in [0.1, 0.15) is 11.0 Å². The van der Waals surface area contributed by atoms with E-state index in [-0.39, 0.29) is 11.8 Å². The Morgan fingerprint density at radius 2 is 2.04 bits per heavy atom. The summed E-state index contributed by atoms with van der Waals surface area (Å²) in [5.74, 6) is 0.319. The molecule has 2 N–H and O–H groups in total. The van der Waals surface area contributed by atoms with Crippen LogP contribution < -0.4 is 10.6 Å². The van der Waals surface area contributed by atoms with Gasteiger partial charge in [0.15, 0.2) is 0 Å². The molecule has 1 aromatic carbocycles. The highest BCUT2D eigenvalue weighted by molar-refractivity contribution is 7.18. The summed E-state index contributed by atoms with van der Waals surface area (Å²) in [6.07, 6.45) is 6.40. The molecule has 7 heteroatoms. The first-order chi connectivity index (χ1) is 13.0. The van der Waals surface area contributed by atoms with Crippen molar-refractivity contribution in [1.82, 2.24) is 15.5 Å². The normalized spacial score (nSPS) is 15.5. The summed E-state index contributed by atoms with van der Waals surface area (Å²) in [4.78, 5) is 24.4. The van der Waals surface area contributed by atoms with Crippen LogP contribution in [0.25, 0.3) is 10.6 Å². The van der Waals surface area contributed by atoms with Crippen LogP contribution in [0.5, 0.6) is 0 Å². The molecule has 1 atom stereocenters. The van der Waals surface area contributed by atoms with Crippen LogP contribution in [-0.4, -0.2) is 28.1 Å².